The molecule has 0 saturated carbocycles. The Balaban J connectivity index is 1.75. The van der Waals surface area contributed by atoms with Crippen LogP contribution in [-0.4, -0.2) is 33.0 Å². The SMILES string of the molecule is [C-]#[N+]c1ccc(Oc2ccc3c(c2)COB3C)cc1OCC(=O)COC. The number of Topliss-reactive ketones (excluding diaryl/α,β-unsaturated/α-hetero) is 1. The summed E-state index contributed by atoms with van der Waals surface area (Å²) in [7, 11) is 1.44. The van der Waals surface area contributed by atoms with Crippen molar-refractivity contribution in [1.29, 1.82) is 0 Å². The van der Waals surface area contributed by atoms with Gasteiger partial charge in [0.25, 0.3) is 0 Å². The Labute approximate surface area is 152 Å². The van der Waals surface area contributed by atoms with Gasteiger partial charge in [0.05, 0.1) is 13.2 Å². The van der Waals surface area contributed by atoms with Gasteiger partial charge in [-0.2, -0.15) is 0 Å². The summed E-state index contributed by atoms with van der Waals surface area (Å²) in [5, 5.41) is 0. The van der Waals surface area contributed by atoms with Crippen LogP contribution in [0.4, 0.5) is 5.69 Å². The number of hydrogen-bond acceptors (Lipinski definition) is 5. The van der Waals surface area contributed by atoms with E-state index in [1.165, 1.54) is 12.6 Å². The zero-order valence-corrected chi connectivity index (χ0v) is 14.7. The summed E-state index contributed by atoms with van der Waals surface area (Å²) >= 11 is 0. The van der Waals surface area contributed by atoms with E-state index in [4.69, 9.17) is 25.4 Å². The van der Waals surface area contributed by atoms with E-state index < -0.39 is 0 Å². The first kappa shape index (κ1) is 18.0. The Morgan fingerprint density at radius 1 is 1.23 bits per heavy atom. The van der Waals surface area contributed by atoms with Gasteiger partial charge in [0, 0.05) is 13.2 Å². The lowest BCUT2D eigenvalue weighted by Crippen LogP contribution is -2.23. The molecule has 26 heavy (non-hydrogen) atoms. The maximum atomic E-state index is 11.6. The molecule has 0 saturated heterocycles. The zero-order valence-electron chi connectivity index (χ0n) is 14.7. The largest absolute Gasteiger partial charge is 0.497 e. The summed E-state index contributed by atoms with van der Waals surface area (Å²) in [5.74, 6) is 1.31. The van der Waals surface area contributed by atoms with Gasteiger partial charge >= 0.3 is 6.92 Å². The van der Waals surface area contributed by atoms with Crippen LogP contribution in [0.5, 0.6) is 17.2 Å². The molecule has 0 fully saturated rings. The standard InChI is InChI=1S/C19H18BNO5/c1-20-17-6-4-15(8-13(17)10-25-20)26-16-5-7-18(21-2)19(9-16)24-12-14(22)11-23-3/h4-9H,10-12H2,1,3H3. The third-order valence-corrected chi connectivity index (χ3v) is 4.02. The van der Waals surface area contributed by atoms with Crippen molar-refractivity contribution in [2.45, 2.75) is 13.4 Å². The van der Waals surface area contributed by atoms with Crippen molar-refractivity contribution >= 4 is 23.8 Å². The maximum Gasteiger partial charge on any atom is 0.324 e. The lowest BCUT2D eigenvalue weighted by Gasteiger charge is -2.11. The van der Waals surface area contributed by atoms with Crippen molar-refractivity contribution in [2.24, 2.45) is 0 Å². The van der Waals surface area contributed by atoms with E-state index in [-0.39, 0.29) is 25.9 Å². The van der Waals surface area contributed by atoms with Crippen LogP contribution in [0.3, 0.4) is 0 Å². The van der Waals surface area contributed by atoms with Crippen LogP contribution in [0, 0.1) is 6.57 Å². The summed E-state index contributed by atoms with van der Waals surface area (Å²) < 4.78 is 21.7. The van der Waals surface area contributed by atoms with E-state index >= 15 is 0 Å². The van der Waals surface area contributed by atoms with E-state index in [2.05, 4.69) is 4.85 Å². The first-order valence-corrected chi connectivity index (χ1v) is 8.18. The van der Waals surface area contributed by atoms with Gasteiger partial charge in [-0.25, -0.2) is 4.85 Å². The van der Waals surface area contributed by atoms with Gasteiger partial charge in [-0.1, -0.05) is 12.9 Å². The number of rotatable bonds is 7. The van der Waals surface area contributed by atoms with Crippen LogP contribution in [0.1, 0.15) is 5.56 Å². The van der Waals surface area contributed by atoms with E-state index in [1.807, 2.05) is 25.0 Å². The van der Waals surface area contributed by atoms with E-state index in [9.17, 15) is 4.79 Å². The fourth-order valence-corrected chi connectivity index (χ4v) is 2.73. The summed E-state index contributed by atoms with van der Waals surface area (Å²) in [6, 6.07) is 10.7. The monoisotopic (exact) mass is 351 g/mol. The molecule has 0 aromatic heterocycles. The second-order valence-electron chi connectivity index (χ2n) is 5.92. The van der Waals surface area contributed by atoms with Crippen molar-refractivity contribution < 1.29 is 23.7 Å². The first-order chi connectivity index (χ1) is 12.6. The second kappa shape index (κ2) is 8.04. The highest BCUT2D eigenvalue weighted by atomic mass is 16.5. The molecule has 1 heterocycles. The molecule has 0 atom stereocenters. The lowest BCUT2D eigenvalue weighted by atomic mass is 9.64. The lowest BCUT2D eigenvalue weighted by molar-refractivity contribution is -0.124. The van der Waals surface area contributed by atoms with Gasteiger partial charge in [-0.05, 0) is 35.3 Å². The molecular formula is C19H18BNO5. The van der Waals surface area contributed by atoms with Crippen molar-refractivity contribution in [3.8, 4) is 17.2 Å². The topological polar surface area (TPSA) is 58.3 Å². The normalized spacial score (nSPS) is 12.4. The van der Waals surface area contributed by atoms with Crippen molar-refractivity contribution in [3.63, 3.8) is 0 Å². The molecule has 2 aromatic carbocycles. The predicted octanol–water partition coefficient (Wildman–Crippen LogP) is 2.98. The molecule has 7 heteroatoms. The fraction of sp³-hybridized carbons (Fsp3) is 0.263. The average Bonchev–Trinajstić information content (AvgIpc) is 3.01. The molecule has 0 radical (unpaired) electrons. The van der Waals surface area contributed by atoms with Crippen LogP contribution in [0.2, 0.25) is 6.82 Å². The van der Waals surface area contributed by atoms with Gasteiger partial charge in [-0.3, -0.25) is 4.79 Å². The van der Waals surface area contributed by atoms with Crippen LogP contribution < -0.4 is 14.9 Å². The molecular weight excluding hydrogens is 333 g/mol. The smallest absolute Gasteiger partial charge is 0.324 e. The molecule has 3 rings (SSSR count). The van der Waals surface area contributed by atoms with Gasteiger partial charge < -0.3 is 18.9 Å². The molecule has 0 amide bonds. The number of nitrogens with zero attached hydrogens (tertiary/aromatic N) is 1. The number of ketones is 1. The van der Waals surface area contributed by atoms with Crippen LogP contribution >= 0.6 is 0 Å². The second-order valence-corrected chi connectivity index (χ2v) is 5.92. The number of hydrogen-bond donors (Lipinski definition) is 0. The van der Waals surface area contributed by atoms with Gasteiger partial charge in [0.15, 0.2) is 5.78 Å². The fourth-order valence-electron chi connectivity index (χ4n) is 2.73. The Morgan fingerprint density at radius 2 is 2.00 bits per heavy atom. The summed E-state index contributed by atoms with van der Waals surface area (Å²) in [4.78, 5) is 15.0. The summed E-state index contributed by atoms with van der Waals surface area (Å²) in [6.45, 7) is 9.73. The molecule has 6 nitrogen and oxygen atoms in total. The first-order valence-electron chi connectivity index (χ1n) is 8.18. The number of carbonyl (C=O) groups is 1. The Kier molecular flexibility index (Phi) is 5.57. The summed E-state index contributed by atoms with van der Waals surface area (Å²) in [6.07, 6.45) is 0. The minimum atomic E-state index is -0.206. The molecule has 0 spiro atoms. The molecule has 2 aromatic rings. The van der Waals surface area contributed by atoms with E-state index in [1.54, 1.807) is 18.2 Å². The third kappa shape index (κ3) is 4.05. The highest BCUT2D eigenvalue weighted by Gasteiger charge is 2.23. The van der Waals surface area contributed by atoms with Crippen LogP contribution in [0.25, 0.3) is 4.85 Å². The van der Waals surface area contributed by atoms with Crippen molar-refractivity contribution in [1.82, 2.24) is 0 Å². The molecule has 0 N–H and O–H groups in total. The Hall–Kier alpha value is -2.82. The Morgan fingerprint density at radius 3 is 2.77 bits per heavy atom. The van der Waals surface area contributed by atoms with E-state index in [0.717, 1.165) is 5.56 Å². The Bertz CT molecular complexity index is 861. The van der Waals surface area contributed by atoms with Gasteiger partial charge in [-0.15, -0.1) is 0 Å². The molecule has 0 unspecified atom stereocenters. The van der Waals surface area contributed by atoms with Gasteiger partial charge in [0.2, 0.25) is 5.69 Å². The number of methoxy groups -OCH3 is 1. The zero-order chi connectivity index (χ0) is 18.5. The summed E-state index contributed by atoms with van der Waals surface area (Å²) in [5.41, 5.74) is 2.59. The minimum Gasteiger partial charge on any atom is -0.497 e. The average molecular weight is 351 g/mol. The number of benzene rings is 2. The van der Waals surface area contributed by atoms with Crippen LogP contribution in [-0.2, 0) is 20.8 Å². The molecule has 1 aliphatic heterocycles. The van der Waals surface area contributed by atoms with Gasteiger partial charge in [0.1, 0.15) is 30.5 Å². The number of carbonyl (C=O) groups excluding carboxylic acids is 1. The molecule has 0 aliphatic carbocycles. The third-order valence-electron chi connectivity index (χ3n) is 4.02. The highest BCUT2D eigenvalue weighted by molar-refractivity contribution is 6.67. The highest BCUT2D eigenvalue weighted by Crippen LogP contribution is 2.34. The van der Waals surface area contributed by atoms with E-state index in [0.29, 0.717) is 29.5 Å². The molecule has 0 bridgehead atoms. The van der Waals surface area contributed by atoms with Crippen molar-refractivity contribution in [2.75, 3.05) is 20.3 Å². The maximum absolute atomic E-state index is 11.6. The molecule has 132 valence electrons. The number of fused-ring (bicyclic) bond motifs is 1. The molecule has 1 aliphatic rings. The number of ether oxygens (including phenoxy) is 3. The van der Waals surface area contributed by atoms with Crippen LogP contribution in [0.15, 0.2) is 36.4 Å². The quantitative estimate of drug-likeness (QED) is 0.567. The minimum absolute atomic E-state index is 0.0286. The van der Waals surface area contributed by atoms with Crippen molar-refractivity contribution in [3.05, 3.63) is 53.4 Å². The predicted molar refractivity (Wildman–Crippen MR) is 97.6 cm³/mol.